The monoisotopic (exact) mass is 327 g/mol. The lowest BCUT2D eigenvalue weighted by molar-refractivity contribution is 0.0529. The van der Waals surface area contributed by atoms with E-state index < -0.39 is 0 Å². The average Bonchev–Trinajstić information content (AvgIpc) is 2.36. The molecule has 1 N–H and O–H groups in total. The molecule has 1 saturated heterocycles. The van der Waals surface area contributed by atoms with Gasteiger partial charge in [0.05, 0.1) is 12.7 Å². The lowest BCUT2D eigenvalue weighted by atomic mass is 10.2. The second-order valence-electron chi connectivity index (χ2n) is 5.30. The van der Waals surface area contributed by atoms with Crippen molar-refractivity contribution in [3.8, 4) is 0 Å². The first-order chi connectivity index (χ1) is 9.06. The van der Waals surface area contributed by atoms with E-state index in [-0.39, 0.29) is 6.10 Å². The van der Waals surface area contributed by atoms with Crippen molar-refractivity contribution < 1.29 is 4.74 Å². The molecule has 0 saturated carbocycles. The third-order valence-corrected chi connectivity index (χ3v) is 3.58. The Labute approximate surface area is 123 Å². The number of hydrogen-bond acceptors (Lipinski definition) is 4. The van der Waals surface area contributed by atoms with Gasteiger partial charge in [0.2, 0.25) is 0 Å². The van der Waals surface area contributed by atoms with Gasteiger partial charge in [0, 0.05) is 41.9 Å². The molecule has 0 spiro atoms. The summed E-state index contributed by atoms with van der Waals surface area (Å²) in [5.74, 6) is 1.08. The van der Waals surface area contributed by atoms with Crippen LogP contribution >= 0.6 is 15.9 Å². The number of nitrogens with zero attached hydrogens (tertiary/aromatic N) is 2. The number of morpholine rings is 1. The van der Waals surface area contributed by atoms with Crippen LogP contribution in [0, 0.1) is 0 Å². The standard InChI is InChI=1S/C14H22BrN3O/c1-10(2)16-7-12-6-13(15)8-17-14(12)18-4-5-19-11(3)9-18/h6,8,10-11,16H,4-5,7,9H2,1-3H3. The fourth-order valence-electron chi connectivity index (χ4n) is 2.21. The zero-order valence-corrected chi connectivity index (χ0v) is 13.4. The Hall–Kier alpha value is -0.650. The highest BCUT2D eigenvalue weighted by Crippen LogP contribution is 2.23. The van der Waals surface area contributed by atoms with E-state index in [9.17, 15) is 0 Å². The number of aromatic nitrogens is 1. The van der Waals surface area contributed by atoms with E-state index in [2.05, 4.69) is 58.0 Å². The van der Waals surface area contributed by atoms with Gasteiger partial charge in [0.15, 0.2) is 0 Å². The van der Waals surface area contributed by atoms with Crippen molar-refractivity contribution in [1.29, 1.82) is 0 Å². The molecule has 0 aromatic carbocycles. The van der Waals surface area contributed by atoms with Gasteiger partial charge in [-0.3, -0.25) is 0 Å². The fourth-order valence-corrected chi connectivity index (χ4v) is 2.59. The van der Waals surface area contributed by atoms with Gasteiger partial charge in [0.1, 0.15) is 5.82 Å². The molecule has 1 unspecified atom stereocenters. The van der Waals surface area contributed by atoms with Crippen LogP contribution < -0.4 is 10.2 Å². The van der Waals surface area contributed by atoms with Crippen LogP contribution in [-0.4, -0.2) is 36.8 Å². The number of hydrogen-bond donors (Lipinski definition) is 1. The molecule has 4 nitrogen and oxygen atoms in total. The highest BCUT2D eigenvalue weighted by Gasteiger charge is 2.20. The molecule has 5 heteroatoms. The topological polar surface area (TPSA) is 37.4 Å². The minimum absolute atomic E-state index is 0.269. The first-order valence-corrected chi connectivity index (χ1v) is 7.60. The molecular weight excluding hydrogens is 306 g/mol. The molecule has 1 fully saturated rings. The molecule has 1 aromatic heterocycles. The van der Waals surface area contributed by atoms with Crippen molar-refractivity contribution in [2.45, 2.75) is 39.5 Å². The minimum atomic E-state index is 0.269. The highest BCUT2D eigenvalue weighted by atomic mass is 79.9. The first-order valence-electron chi connectivity index (χ1n) is 6.80. The van der Waals surface area contributed by atoms with Crippen molar-refractivity contribution in [1.82, 2.24) is 10.3 Å². The molecule has 1 atom stereocenters. The molecule has 0 amide bonds. The Morgan fingerprint density at radius 1 is 1.58 bits per heavy atom. The summed E-state index contributed by atoms with van der Waals surface area (Å²) in [6.45, 7) is 9.85. The smallest absolute Gasteiger partial charge is 0.133 e. The lowest BCUT2D eigenvalue weighted by Gasteiger charge is -2.33. The van der Waals surface area contributed by atoms with Crippen molar-refractivity contribution in [3.63, 3.8) is 0 Å². The number of nitrogens with one attached hydrogen (secondary N) is 1. The fraction of sp³-hybridized carbons (Fsp3) is 0.643. The summed E-state index contributed by atoms with van der Waals surface area (Å²) in [6, 6.07) is 2.62. The summed E-state index contributed by atoms with van der Waals surface area (Å²) in [5.41, 5.74) is 1.23. The van der Waals surface area contributed by atoms with Gasteiger partial charge in [-0.1, -0.05) is 13.8 Å². The molecule has 106 valence electrons. The van der Waals surface area contributed by atoms with Gasteiger partial charge in [0.25, 0.3) is 0 Å². The summed E-state index contributed by atoms with van der Waals surface area (Å²) in [5, 5.41) is 3.46. The number of pyridine rings is 1. The maximum absolute atomic E-state index is 5.60. The van der Waals surface area contributed by atoms with E-state index in [1.807, 2.05) is 6.20 Å². The van der Waals surface area contributed by atoms with Crippen molar-refractivity contribution >= 4 is 21.7 Å². The van der Waals surface area contributed by atoms with Crippen molar-refractivity contribution in [2.75, 3.05) is 24.6 Å². The third kappa shape index (κ3) is 4.16. The molecule has 0 aliphatic carbocycles. The SMILES string of the molecule is CC(C)NCc1cc(Br)cnc1N1CCOC(C)C1. The van der Waals surface area contributed by atoms with Crippen LogP contribution in [0.25, 0.3) is 0 Å². The van der Waals surface area contributed by atoms with E-state index in [1.165, 1.54) is 5.56 Å². The molecular formula is C14H22BrN3O. The maximum Gasteiger partial charge on any atom is 0.133 e. The van der Waals surface area contributed by atoms with Crippen LogP contribution in [0.1, 0.15) is 26.3 Å². The highest BCUT2D eigenvalue weighted by molar-refractivity contribution is 9.10. The molecule has 1 aliphatic heterocycles. The van der Waals surface area contributed by atoms with Gasteiger partial charge in [-0.05, 0) is 28.9 Å². The molecule has 0 radical (unpaired) electrons. The Morgan fingerprint density at radius 3 is 3.05 bits per heavy atom. The summed E-state index contributed by atoms with van der Waals surface area (Å²) in [4.78, 5) is 6.92. The zero-order valence-electron chi connectivity index (χ0n) is 11.8. The minimum Gasteiger partial charge on any atom is -0.375 e. The molecule has 0 bridgehead atoms. The maximum atomic E-state index is 5.60. The Balaban J connectivity index is 2.18. The van der Waals surface area contributed by atoms with Gasteiger partial charge in [-0.15, -0.1) is 0 Å². The third-order valence-electron chi connectivity index (χ3n) is 3.15. The summed E-state index contributed by atoms with van der Waals surface area (Å²) < 4.78 is 6.62. The molecule has 1 aliphatic rings. The summed E-state index contributed by atoms with van der Waals surface area (Å²) in [7, 11) is 0. The Morgan fingerprint density at radius 2 is 2.37 bits per heavy atom. The van der Waals surface area contributed by atoms with Crippen molar-refractivity contribution in [2.24, 2.45) is 0 Å². The van der Waals surface area contributed by atoms with Gasteiger partial charge in [-0.25, -0.2) is 4.98 Å². The number of rotatable bonds is 4. The quantitative estimate of drug-likeness (QED) is 0.922. The predicted octanol–water partition coefficient (Wildman–Crippen LogP) is 2.57. The first kappa shape index (κ1) is 14.8. The van der Waals surface area contributed by atoms with Crippen LogP contribution in [0.4, 0.5) is 5.82 Å². The summed E-state index contributed by atoms with van der Waals surface area (Å²) >= 11 is 3.51. The molecule has 19 heavy (non-hydrogen) atoms. The van der Waals surface area contributed by atoms with Crippen LogP contribution in [0.5, 0.6) is 0 Å². The van der Waals surface area contributed by atoms with E-state index in [0.29, 0.717) is 6.04 Å². The Kier molecular flexibility index (Phi) is 5.19. The van der Waals surface area contributed by atoms with E-state index in [4.69, 9.17) is 4.74 Å². The van der Waals surface area contributed by atoms with E-state index >= 15 is 0 Å². The second kappa shape index (κ2) is 6.68. The van der Waals surface area contributed by atoms with E-state index in [1.54, 1.807) is 0 Å². The van der Waals surface area contributed by atoms with Crippen LogP contribution in [0.2, 0.25) is 0 Å². The average molecular weight is 328 g/mol. The molecule has 1 aromatic rings. The Bertz CT molecular complexity index is 425. The lowest BCUT2D eigenvalue weighted by Crippen LogP contribution is -2.42. The number of anilines is 1. The summed E-state index contributed by atoms with van der Waals surface area (Å²) in [6.07, 6.45) is 2.14. The normalized spacial score (nSPS) is 20.1. The van der Waals surface area contributed by atoms with Crippen LogP contribution in [-0.2, 0) is 11.3 Å². The van der Waals surface area contributed by atoms with E-state index in [0.717, 1.165) is 36.5 Å². The number of ether oxygens (including phenoxy) is 1. The van der Waals surface area contributed by atoms with Crippen LogP contribution in [0.3, 0.4) is 0 Å². The van der Waals surface area contributed by atoms with Gasteiger partial charge >= 0.3 is 0 Å². The largest absolute Gasteiger partial charge is 0.375 e. The predicted molar refractivity (Wildman–Crippen MR) is 81.5 cm³/mol. The van der Waals surface area contributed by atoms with Crippen LogP contribution in [0.15, 0.2) is 16.7 Å². The van der Waals surface area contributed by atoms with Gasteiger partial charge in [-0.2, -0.15) is 0 Å². The van der Waals surface area contributed by atoms with Crippen molar-refractivity contribution in [3.05, 3.63) is 22.3 Å². The zero-order chi connectivity index (χ0) is 13.8. The number of halogens is 1. The molecule has 2 rings (SSSR count). The van der Waals surface area contributed by atoms with Gasteiger partial charge < -0.3 is 15.0 Å². The molecule has 2 heterocycles. The second-order valence-corrected chi connectivity index (χ2v) is 6.21.